The topological polar surface area (TPSA) is 75.6 Å². The van der Waals surface area contributed by atoms with E-state index in [1.807, 2.05) is 50.2 Å². The van der Waals surface area contributed by atoms with Crippen LogP contribution in [0.4, 0.5) is 0 Å². The van der Waals surface area contributed by atoms with Crippen molar-refractivity contribution < 1.29 is 19.4 Å². The summed E-state index contributed by atoms with van der Waals surface area (Å²) in [5.41, 5.74) is 2.82. The number of carboxylic acid groups (broad SMARTS) is 1. The van der Waals surface area contributed by atoms with Gasteiger partial charge in [0, 0.05) is 0 Å². The Morgan fingerprint density at radius 3 is 2.40 bits per heavy atom. The highest BCUT2D eigenvalue weighted by Crippen LogP contribution is 2.22. The van der Waals surface area contributed by atoms with Gasteiger partial charge in [-0.2, -0.15) is 0 Å². The van der Waals surface area contributed by atoms with Crippen LogP contribution < -0.4 is 10.1 Å². The quantitative estimate of drug-likeness (QED) is 0.810. The van der Waals surface area contributed by atoms with Gasteiger partial charge >= 0.3 is 5.97 Å². The van der Waals surface area contributed by atoms with E-state index in [1.54, 1.807) is 19.1 Å². The average molecular weight is 341 g/mol. The Morgan fingerprint density at radius 2 is 1.80 bits per heavy atom. The molecule has 0 fully saturated rings. The van der Waals surface area contributed by atoms with E-state index in [0.29, 0.717) is 5.75 Å². The van der Waals surface area contributed by atoms with Crippen molar-refractivity contribution >= 4 is 11.9 Å². The van der Waals surface area contributed by atoms with Crippen LogP contribution in [0.2, 0.25) is 0 Å². The van der Waals surface area contributed by atoms with Crippen LogP contribution in [-0.2, 0) is 9.59 Å². The summed E-state index contributed by atoms with van der Waals surface area (Å²) in [4.78, 5) is 23.6. The van der Waals surface area contributed by atoms with Crippen LogP contribution in [0.1, 0.15) is 29.7 Å². The molecule has 0 saturated heterocycles. The van der Waals surface area contributed by atoms with Crippen molar-refractivity contribution in [1.29, 1.82) is 0 Å². The van der Waals surface area contributed by atoms with Gasteiger partial charge in [-0.25, -0.2) is 0 Å². The molecule has 5 heteroatoms. The Hall–Kier alpha value is -2.82. The van der Waals surface area contributed by atoms with Crippen molar-refractivity contribution in [2.24, 2.45) is 5.92 Å². The maximum atomic E-state index is 12.3. The molecular formula is C20H23NO4. The standard InChI is InChI=1S/C20H23NO4/c1-13-9-10-17(14(2)11-13)25-12-18(22)21-19(15(3)20(23)24)16-7-5-4-6-8-16/h4-11,15,19H,12H2,1-3H3,(H,21,22)(H,23,24). The van der Waals surface area contributed by atoms with E-state index < -0.39 is 17.9 Å². The van der Waals surface area contributed by atoms with Crippen molar-refractivity contribution in [3.63, 3.8) is 0 Å². The van der Waals surface area contributed by atoms with Gasteiger partial charge < -0.3 is 15.2 Å². The Labute approximate surface area is 147 Å². The van der Waals surface area contributed by atoms with Gasteiger partial charge in [0.1, 0.15) is 5.75 Å². The maximum Gasteiger partial charge on any atom is 0.308 e. The minimum atomic E-state index is -0.968. The first-order valence-corrected chi connectivity index (χ1v) is 8.15. The van der Waals surface area contributed by atoms with Crippen molar-refractivity contribution in [3.8, 4) is 5.75 Å². The van der Waals surface area contributed by atoms with E-state index in [-0.39, 0.29) is 12.5 Å². The monoisotopic (exact) mass is 341 g/mol. The summed E-state index contributed by atoms with van der Waals surface area (Å²) in [6.07, 6.45) is 0. The first-order valence-electron chi connectivity index (χ1n) is 8.15. The lowest BCUT2D eigenvalue weighted by Crippen LogP contribution is -2.38. The zero-order valence-corrected chi connectivity index (χ0v) is 14.7. The Bertz CT molecular complexity index is 743. The normalized spacial score (nSPS) is 12.9. The summed E-state index contributed by atoms with van der Waals surface area (Å²) in [5, 5.41) is 12.1. The number of amides is 1. The number of aryl methyl sites for hydroxylation is 2. The molecule has 2 rings (SSSR count). The summed E-state index contributed by atoms with van der Waals surface area (Å²) < 4.78 is 5.57. The van der Waals surface area contributed by atoms with Gasteiger partial charge in [0.25, 0.3) is 5.91 Å². The largest absolute Gasteiger partial charge is 0.484 e. The van der Waals surface area contributed by atoms with Crippen molar-refractivity contribution in [2.45, 2.75) is 26.8 Å². The second-order valence-electron chi connectivity index (χ2n) is 6.14. The number of ether oxygens (including phenoxy) is 1. The fourth-order valence-electron chi connectivity index (χ4n) is 2.62. The Kier molecular flexibility index (Phi) is 6.17. The van der Waals surface area contributed by atoms with E-state index in [1.165, 1.54) is 0 Å². The molecular weight excluding hydrogens is 318 g/mol. The van der Waals surface area contributed by atoms with E-state index in [0.717, 1.165) is 16.7 Å². The molecule has 2 atom stereocenters. The fourth-order valence-corrected chi connectivity index (χ4v) is 2.62. The first-order chi connectivity index (χ1) is 11.9. The molecule has 0 aliphatic rings. The third kappa shape index (κ3) is 5.08. The lowest BCUT2D eigenvalue weighted by Gasteiger charge is -2.23. The maximum absolute atomic E-state index is 12.3. The second-order valence-corrected chi connectivity index (χ2v) is 6.14. The van der Waals surface area contributed by atoms with E-state index in [2.05, 4.69) is 5.32 Å². The number of carbonyl (C=O) groups excluding carboxylic acids is 1. The van der Waals surface area contributed by atoms with Crippen LogP contribution >= 0.6 is 0 Å². The van der Waals surface area contributed by atoms with Gasteiger partial charge in [-0.15, -0.1) is 0 Å². The number of rotatable bonds is 7. The van der Waals surface area contributed by atoms with Gasteiger partial charge in [0.15, 0.2) is 6.61 Å². The van der Waals surface area contributed by atoms with Crippen molar-refractivity contribution in [3.05, 3.63) is 65.2 Å². The average Bonchev–Trinajstić information content (AvgIpc) is 2.59. The lowest BCUT2D eigenvalue weighted by molar-refractivity contribution is -0.142. The van der Waals surface area contributed by atoms with E-state index >= 15 is 0 Å². The van der Waals surface area contributed by atoms with Crippen LogP contribution in [0.5, 0.6) is 5.75 Å². The molecule has 25 heavy (non-hydrogen) atoms. The highest BCUT2D eigenvalue weighted by atomic mass is 16.5. The number of nitrogens with one attached hydrogen (secondary N) is 1. The minimum absolute atomic E-state index is 0.167. The molecule has 1 amide bonds. The van der Waals surface area contributed by atoms with Gasteiger partial charge in [-0.1, -0.05) is 48.0 Å². The molecule has 2 aromatic rings. The Balaban J connectivity index is 2.05. The molecule has 2 aromatic carbocycles. The lowest BCUT2D eigenvalue weighted by atomic mass is 9.94. The van der Waals surface area contributed by atoms with Crippen molar-refractivity contribution in [2.75, 3.05) is 6.61 Å². The molecule has 0 aliphatic heterocycles. The zero-order chi connectivity index (χ0) is 18.4. The molecule has 2 N–H and O–H groups in total. The molecule has 0 aromatic heterocycles. The highest BCUT2D eigenvalue weighted by molar-refractivity contribution is 5.79. The summed E-state index contributed by atoms with van der Waals surface area (Å²) >= 11 is 0. The number of carbonyl (C=O) groups is 2. The number of aliphatic carboxylic acids is 1. The number of hydrogen-bond acceptors (Lipinski definition) is 3. The predicted molar refractivity (Wildman–Crippen MR) is 95.5 cm³/mol. The smallest absolute Gasteiger partial charge is 0.308 e. The van der Waals surface area contributed by atoms with E-state index in [4.69, 9.17) is 4.74 Å². The second kappa shape index (κ2) is 8.33. The number of carboxylic acids is 1. The third-order valence-electron chi connectivity index (χ3n) is 4.05. The summed E-state index contributed by atoms with van der Waals surface area (Å²) in [5.74, 6) is -1.44. The van der Waals surface area contributed by atoms with Crippen molar-refractivity contribution in [1.82, 2.24) is 5.32 Å². The van der Waals surface area contributed by atoms with Crippen LogP contribution in [0, 0.1) is 19.8 Å². The first kappa shape index (κ1) is 18.5. The summed E-state index contributed by atoms with van der Waals surface area (Å²) in [6.45, 7) is 5.31. The predicted octanol–water partition coefficient (Wildman–Crippen LogP) is 3.26. The SMILES string of the molecule is Cc1ccc(OCC(=O)NC(c2ccccc2)C(C)C(=O)O)c(C)c1. The van der Waals surface area contributed by atoms with Gasteiger partial charge in [-0.3, -0.25) is 9.59 Å². The van der Waals surface area contributed by atoms with Crippen LogP contribution in [-0.4, -0.2) is 23.6 Å². The summed E-state index contributed by atoms with van der Waals surface area (Å²) in [6, 6.07) is 14.2. The third-order valence-corrected chi connectivity index (χ3v) is 4.05. The molecule has 2 unspecified atom stereocenters. The summed E-state index contributed by atoms with van der Waals surface area (Å²) in [7, 11) is 0. The van der Waals surface area contributed by atoms with Gasteiger partial charge in [0.05, 0.1) is 12.0 Å². The molecule has 5 nitrogen and oxygen atoms in total. The zero-order valence-electron chi connectivity index (χ0n) is 14.7. The Morgan fingerprint density at radius 1 is 1.12 bits per heavy atom. The number of hydrogen-bond donors (Lipinski definition) is 2. The fraction of sp³-hybridized carbons (Fsp3) is 0.300. The molecule has 0 radical (unpaired) electrons. The molecule has 0 aliphatic carbocycles. The minimum Gasteiger partial charge on any atom is -0.484 e. The molecule has 0 spiro atoms. The molecule has 132 valence electrons. The van der Waals surface area contributed by atoms with Gasteiger partial charge in [0.2, 0.25) is 0 Å². The van der Waals surface area contributed by atoms with E-state index in [9.17, 15) is 14.7 Å². The van der Waals surface area contributed by atoms with Crippen LogP contribution in [0.3, 0.4) is 0 Å². The van der Waals surface area contributed by atoms with Crippen LogP contribution in [0.25, 0.3) is 0 Å². The van der Waals surface area contributed by atoms with Crippen LogP contribution in [0.15, 0.2) is 48.5 Å². The molecule has 0 saturated carbocycles. The molecule has 0 bridgehead atoms. The molecule has 0 heterocycles. The highest BCUT2D eigenvalue weighted by Gasteiger charge is 2.26. The number of benzene rings is 2. The van der Waals surface area contributed by atoms with Gasteiger partial charge in [-0.05, 0) is 38.0 Å².